The molecule has 136 valence electrons. The molecule has 0 heterocycles. The maximum atomic E-state index is 13.1. The summed E-state index contributed by atoms with van der Waals surface area (Å²) in [5, 5.41) is 17.0. The minimum Gasteiger partial charge on any atom is -0.465 e. The number of hydrogen-bond acceptors (Lipinski definition) is 3. The predicted molar refractivity (Wildman–Crippen MR) is 91.5 cm³/mol. The van der Waals surface area contributed by atoms with Crippen molar-refractivity contribution in [1.82, 2.24) is 16.0 Å². The van der Waals surface area contributed by atoms with Gasteiger partial charge in [-0.15, -0.1) is 6.58 Å². The largest absolute Gasteiger partial charge is 0.465 e. The molecule has 3 unspecified atom stereocenters. The molecule has 1 aliphatic carbocycles. The van der Waals surface area contributed by atoms with Gasteiger partial charge in [0, 0.05) is 24.9 Å². The van der Waals surface area contributed by atoms with Gasteiger partial charge in [-0.3, -0.25) is 9.59 Å². The van der Waals surface area contributed by atoms with E-state index in [4.69, 9.17) is 5.11 Å². The Hall–Kier alpha value is -2.05. The van der Waals surface area contributed by atoms with Crippen LogP contribution in [-0.2, 0) is 9.59 Å². The van der Waals surface area contributed by atoms with Gasteiger partial charge in [0.25, 0.3) is 0 Å². The van der Waals surface area contributed by atoms with Crippen LogP contribution < -0.4 is 16.0 Å². The van der Waals surface area contributed by atoms with Crippen LogP contribution in [0.5, 0.6) is 0 Å². The number of hydrogen-bond donors (Lipinski definition) is 4. The van der Waals surface area contributed by atoms with Gasteiger partial charge < -0.3 is 21.1 Å². The van der Waals surface area contributed by atoms with Crippen molar-refractivity contribution in [3.8, 4) is 0 Å². The lowest BCUT2D eigenvalue weighted by Gasteiger charge is -2.46. The fraction of sp³-hybridized carbons (Fsp3) is 0.706. The Morgan fingerprint density at radius 1 is 1.29 bits per heavy atom. The molecule has 3 amide bonds. The Bertz CT molecular complexity index is 512. The first-order valence-electron chi connectivity index (χ1n) is 8.21. The van der Waals surface area contributed by atoms with Gasteiger partial charge in [0.1, 0.15) is 5.54 Å². The normalized spacial score (nSPS) is 27.0. The SMILES string of the molecule is C=CC1CCC(CNC(=O)O)C(NC(C)=O)(C(=O)NC(C)(C)C)C1. The van der Waals surface area contributed by atoms with Crippen LogP contribution in [0, 0.1) is 11.8 Å². The fourth-order valence-corrected chi connectivity index (χ4v) is 3.29. The van der Waals surface area contributed by atoms with Crippen LogP contribution >= 0.6 is 0 Å². The quantitative estimate of drug-likeness (QED) is 0.571. The third-order valence-corrected chi connectivity index (χ3v) is 4.29. The van der Waals surface area contributed by atoms with Crippen LogP contribution in [0.15, 0.2) is 12.7 Å². The van der Waals surface area contributed by atoms with E-state index in [1.54, 1.807) is 6.08 Å². The molecule has 0 radical (unpaired) electrons. The maximum Gasteiger partial charge on any atom is 0.404 e. The number of rotatable bonds is 5. The van der Waals surface area contributed by atoms with Crippen molar-refractivity contribution < 1.29 is 19.5 Å². The Balaban J connectivity index is 3.21. The van der Waals surface area contributed by atoms with Gasteiger partial charge in [0.05, 0.1) is 0 Å². The van der Waals surface area contributed by atoms with Crippen LogP contribution in [0.25, 0.3) is 0 Å². The van der Waals surface area contributed by atoms with Crippen molar-refractivity contribution in [3.05, 3.63) is 12.7 Å². The lowest BCUT2D eigenvalue weighted by molar-refractivity contribution is -0.138. The molecule has 0 spiro atoms. The van der Waals surface area contributed by atoms with Crippen LogP contribution in [-0.4, -0.2) is 40.6 Å². The van der Waals surface area contributed by atoms with Crippen molar-refractivity contribution in [1.29, 1.82) is 0 Å². The highest BCUT2D eigenvalue weighted by atomic mass is 16.4. The van der Waals surface area contributed by atoms with Crippen molar-refractivity contribution in [3.63, 3.8) is 0 Å². The molecule has 0 bridgehead atoms. The Morgan fingerprint density at radius 3 is 2.38 bits per heavy atom. The second kappa shape index (κ2) is 7.68. The lowest BCUT2D eigenvalue weighted by atomic mass is 9.67. The molecule has 1 rings (SSSR count). The van der Waals surface area contributed by atoms with E-state index >= 15 is 0 Å². The van der Waals surface area contributed by atoms with Crippen molar-refractivity contribution >= 4 is 17.9 Å². The van der Waals surface area contributed by atoms with Gasteiger partial charge in [0.15, 0.2) is 0 Å². The zero-order valence-corrected chi connectivity index (χ0v) is 14.9. The van der Waals surface area contributed by atoms with Gasteiger partial charge in [-0.25, -0.2) is 4.79 Å². The van der Waals surface area contributed by atoms with Gasteiger partial charge >= 0.3 is 6.09 Å². The molecule has 1 saturated carbocycles. The Labute approximate surface area is 143 Å². The van der Waals surface area contributed by atoms with E-state index < -0.39 is 17.2 Å². The average Bonchev–Trinajstić information content (AvgIpc) is 2.43. The van der Waals surface area contributed by atoms with E-state index in [-0.39, 0.29) is 30.2 Å². The van der Waals surface area contributed by atoms with Crippen LogP contribution in [0.3, 0.4) is 0 Å². The summed E-state index contributed by atoms with van der Waals surface area (Å²) >= 11 is 0. The van der Waals surface area contributed by atoms with Crippen molar-refractivity contribution in [2.75, 3.05) is 6.54 Å². The van der Waals surface area contributed by atoms with Gasteiger partial charge in [-0.05, 0) is 46.0 Å². The third kappa shape index (κ3) is 5.25. The molecule has 0 saturated heterocycles. The second-order valence-electron chi connectivity index (χ2n) is 7.52. The standard InChI is InChI=1S/C17H29N3O4/c1-6-12-7-8-13(10-18-15(23)24)17(9-12,19-11(2)21)14(22)20-16(3,4)5/h6,12-13,18H,1,7-10H2,2-5H3,(H,19,21)(H,20,22)(H,23,24). The smallest absolute Gasteiger partial charge is 0.404 e. The summed E-state index contributed by atoms with van der Waals surface area (Å²) in [7, 11) is 0. The number of carbonyl (C=O) groups excluding carboxylic acids is 2. The zero-order valence-electron chi connectivity index (χ0n) is 14.9. The molecule has 7 heteroatoms. The summed E-state index contributed by atoms with van der Waals surface area (Å²) < 4.78 is 0. The number of carbonyl (C=O) groups is 3. The second-order valence-corrected chi connectivity index (χ2v) is 7.52. The molecule has 1 aliphatic rings. The molecular weight excluding hydrogens is 310 g/mol. The third-order valence-electron chi connectivity index (χ3n) is 4.29. The average molecular weight is 339 g/mol. The minimum atomic E-state index is -1.15. The number of nitrogens with one attached hydrogen (secondary N) is 3. The molecule has 4 N–H and O–H groups in total. The molecule has 0 aromatic carbocycles. The Morgan fingerprint density at radius 2 is 1.92 bits per heavy atom. The first-order chi connectivity index (χ1) is 11.0. The molecule has 3 atom stereocenters. The number of carboxylic acid groups (broad SMARTS) is 1. The summed E-state index contributed by atoms with van der Waals surface area (Å²) in [5.74, 6) is -0.835. The first-order valence-corrected chi connectivity index (χ1v) is 8.21. The number of allylic oxidation sites excluding steroid dienone is 1. The predicted octanol–water partition coefficient (Wildman–Crippen LogP) is 1.65. The van der Waals surface area contributed by atoms with E-state index in [0.717, 1.165) is 6.42 Å². The van der Waals surface area contributed by atoms with Gasteiger partial charge in [0.2, 0.25) is 11.8 Å². The topological polar surface area (TPSA) is 108 Å². The van der Waals surface area contributed by atoms with E-state index in [9.17, 15) is 14.4 Å². The lowest BCUT2D eigenvalue weighted by Crippen LogP contribution is -2.68. The van der Waals surface area contributed by atoms with E-state index in [0.29, 0.717) is 12.8 Å². The first kappa shape index (κ1) is 20.0. The number of amides is 3. The molecule has 0 aromatic rings. The highest BCUT2D eigenvalue weighted by molar-refractivity contribution is 5.92. The Kier molecular flexibility index (Phi) is 6.40. The van der Waals surface area contributed by atoms with Gasteiger partial charge in [-0.1, -0.05) is 6.08 Å². The molecule has 1 fully saturated rings. The highest BCUT2D eigenvalue weighted by Crippen LogP contribution is 2.38. The van der Waals surface area contributed by atoms with E-state index in [2.05, 4.69) is 22.5 Å². The minimum absolute atomic E-state index is 0.0867. The highest BCUT2D eigenvalue weighted by Gasteiger charge is 2.50. The van der Waals surface area contributed by atoms with Crippen LogP contribution in [0.2, 0.25) is 0 Å². The van der Waals surface area contributed by atoms with Gasteiger partial charge in [-0.2, -0.15) is 0 Å². The van der Waals surface area contributed by atoms with E-state index in [1.807, 2.05) is 20.8 Å². The van der Waals surface area contributed by atoms with Crippen molar-refractivity contribution in [2.45, 2.75) is 58.0 Å². The monoisotopic (exact) mass is 339 g/mol. The van der Waals surface area contributed by atoms with Crippen LogP contribution in [0.4, 0.5) is 4.79 Å². The summed E-state index contributed by atoms with van der Waals surface area (Å²) in [6.07, 6.45) is 2.48. The van der Waals surface area contributed by atoms with Crippen molar-refractivity contribution in [2.24, 2.45) is 11.8 Å². The van der Waals surface area contributed by atoms with E-state index in [1.165, 1.54) is 6.92 Å². The molecule has 0 aliphatic heterocycles. The molecular formula is C17H29N3O4. The zero-order chi connectivity index (χ0) is 18.5. The summed E-state index contributed by atoms with van der Waals surface area (Å²) in [6, 6.07) is 0. The summed E-state index contributed by atoms with van der Waals surface area (Å²) in [5.41, 5.74) is -1.62. The fourth-order valence-electron chi connectivity index (χ4n) is 3.29. The summed E-state index contributed by atoms with van der Waals surface area (Å²) in [4.78, 5) is 35.7. The molecule has 0 aromatic heterocycles. The molecule has 24 heavy (non-hydrogen) atoms. The molecule has 7 nitrogen and oxygen atoms in total. The maximum absolute atomic E-state index is 13.1. The van der Waals surface area contributed by atoms with Crippen LogP contribution in [0.1, 0.15) is 47.0 Å². The summed E-state index contributed by atoms with van der Waals surface area (Å²) in [6.45, 7) is 10.9.